The van der Waals surface area contributed by atoms with Crippen molar-refractivity contribution < 1.29 is 48.6 Å². The lowest BCUT2D eigenvalue weighted by Gasteiger charge is -2.28. The van der Waals surface area contributed by atoms with Gasteiger partial charge in [0.2, 0.25) is 41.4 Å². The molecule has 0 bridgehead atoms. The first-order chi connectivity index (χ1) is 23.4. The second-order valence-electron chi connectivity index (χ2n) is 12.9. The molecule has 1 aliphatic heterocycles. The number of nitrogens with one attached hydrogen (secondary N) is 5. The normalized spacial score (nSPS) is 17.8. The molecule has 0 aromatic rings. The maximum Gasteiger partial charge on any atom is 0.325 e. The number of aliphatic carboxylic acids is 1. The number of carbonyl (C=O) groups is 8. The average Bonchev–Trinajstić information content (AvgIpc) is 3.54. The van der Waals surface area contributed by atoms with Gasteiger partial charge in [0.1, 0.15) is 30.2 Å². The van der Waals surface area contributed by atoms with E-state index in [1.807, 2.05) is 13.8 Å². The monoisotopic (exact) mass is 713 g/mol. The number of nitrogens with zero attached hydrogens (tertiary/aromatic N) is 1. The molecule has 1 fully saturated rings. The Bertz CT molecular complexity index is 1220. The number of hydrogen-bond acceptors (Lipinski definition) is 11. The zero-order valence-electron chi connectivity index (χ0n) is 29.2. The summed E-state index contributed by atoms with van der Waals surface area (Å²) < 4.78 is 0. The van der Waals surface area contributed by atoms with Crippen LogP contribution in [0.2, 0.25) is 0 Å². The Labute approximate surface area is 291 Å². The zero-order chi connectivity index (χ0) is 38.1. The van der Waals surface area contributed by atoms with E-state index in [0.29, 0.717) is 32.2 Å². The standard InChI is InChI=1S/C31H55N9O10/c1-16(2)14-21(38-26(44)19(33)10-11-23(34)42)28(46)37-20(8-5-6-12-32)27(45)39-25(18(4)41)30(48)35-15-24(43)40-13-7-9-22(40)29(47)36-17(3)31(49)50/h16-22,25,41H,5-15,32-33H2,1-4H3,(H2,34,42)(H,35,48)(H,36,47)(H,37,46)(H,38,44)(H,39,45)(H,49,50)/t17-,18+,19-,20-,21-,22-,25-/m0/s1. The van der Waals surface area contributed by atoms with Crippen molar-refractivity contribution in [2.24, 2.45) is 23.1 Å². The van der Waals surface area contributed by atoms with Crippen molar-refractivity contribution in [1.82, 2.24) is 31.5 Å². The maximum absolute atomic E-state index is 13.5. The Hall–Kier alpha value is -4.36. The van der Waals surface area contributed by atoms with Crippen molar-refractivity contribution in [3.63, 3.8) is 0 Å². The lowest BCUT2D eigenvalue weighted by Crippen LogP contribution is -2.60. The molecule has 0 aromatic carbocycles. The van der Waals surface area contributed by atoms with Crippen LogP contribution in [0.25, 0.3) is 0 Å². The fraction of sp³-hybridized carbons (Fsp3) is 0.742. The van der Waals surface area contributed by atoms with Crippen molar-refractivity contribution in [3.8, 4) is 0 Å². The number of hydrogen-bond donors (Lipinski definition) is 10. The number of rotatable bonds is 22. The van der Waals surface area contributed by atoms with Crippen LogP contribution in [0.1, 0.15) is 79.1 Å². The molecule has 1 aliphatic rings. The number of likely N-dealkylation sites (tertiary alicyclic amines) is 1. The minimum Gasteiger partial charge on any atom is -0.480 e. The van der Waals surface area contributed by atoms with Gasteiger partial charge in [-0.2, -0.15) is 0 Å². The quantitative estimate of drug-likeness (QED) is 0.0485. The first-order valence-corrected chi connectivity index (χ1v) is 16.8. The summed E-state index contributed by atoms with van der Waals surface area (Å²) in [5, 5.41) is 31.7. The summed E-state index contributed by atoms with van der Waals surface area (Å²) in [5.41, 5.74) is 16.6. The summed E-state index contributed by atoms with van der Waals surface area (Å²) in [5.74, 6) is -6.34. The Morgan fingerprint density at radius 2 is 1.46 bits per heavy atom. The van der Waals surface area contributed by atoms with Gasteiger partial charge >= 0.3 is 5.97 Å². The number of carboxylic acids is 1. The van der Waals surface area contributed by atoms with Gasteiger partial charge in [0.15, 0.2) is 0 Å². The molecule has 1 heterocycles. The van der Waals surface area contributed by atoms with Gasteiger partial charge in [0.05, 0.1) is 18.7 Å². The van der Waals surface area contributed by atoms with Gasteiger partial charge in [0.25, 0.3) is 0 Å². The lowest BCUT2D eigenvalue weighted by molar-refractivity contribution is -0.143. The number of nitrogens with two attached hydrogens (primary N) is 3. The molecule has 50 heavy (non-hydrogen) atoms. The molecule has 0 spiro atoms. The van der Waals surface area contributed by atoms with Crippen LogP contribution < -0.4 is 43.8 Å². The van der Waals surface area contributed by atoms with Gasteiger partial charge in [0, 0.05) is 13.0 Å². The van der Waals surface area contributed by atoms with Crippen LogP contribution >= 0.6 is 0 Å². The summed E-state index contributed by atoms with van der Waals surface area (Å²) in [4.78, 5) is 102. The Balaban J connectivity index is 3.00. The SMILES string of the molecule is CC(C)C[C@H](NC(=O)[C@@H](N)CCC(N)=O)C(=O)N[C@@H](CCCCN)C(=O)N[C@H](C(=O)NCC(=O)N1CCC[C@H]1C(=O)N[C@@H](C)C(=O)O)[C@@H](C)O. The molecule has 13 N–H and O–H groups in total. The third-order valence-corrected chi connectivity index (χ3v) is 8.04. The first-order valence-electron chi connectivity index (χ1n) is 16.8. The second-order valence-corrected chi connectivity index (χ2v) is 12.9. The van der Waals surface area contributed by atoms with Crippen LogP contribution in [-0.4, -0.2) is 124 Å². The zero-order valence-corrected chi connectivity index (χ0v) is 29.2. The second kappa shape index (κ2) is 21.7. The van der Waals surface area contributed by atoms with Crippen LogP contribution in [0, 0.1) is 5.92 Å². The molecular weight excluding hydrogens is 658 g/mol. The molecule has 1 saturated heterocycles. The van der Waals surface area contributed by atoms with Crippen molar-refractivity contribution in [3.05, 3.63) is 0 Å². The highest BCUT2D eigenvalue weighted by molar-refractivity contribution is 5.96. The van der Waals surface area contributed by atoms with E-state index < -0.39 is 96.2 Å². The van der Waals surface area contributed by atoms with E-state index in [0.717, 1.165) is 0 Å². The molecule has 7 amide bonds. The molecule has 19 nitrogen and oxygen atoms in total. The van der Waals surface area contributed by atoms with E-state index >= 15 is 0 Å². The van der Waals surface area contributed by atoms with E-state index in [1.165, 1.54) is 18.7 Å². The van der Waals surface area contributed by atoms with E-state index in [2.05, 4.69) is 26.6 Å². The summed E-state index contributed by atoms with van der Waals surface area (Å²) in [7, 11) is 0. The van der Waals surface area contributed by atoms with E-state index in [9.17, 15) is 43.5 Å². The molecule has 0 aromatic heterocycles. The maximum atomic E-state index is 13.5. The van der Waals surface area contributed by atoms with Gasteiger partial charge in [-0.05, 0) is 71.3 Å². The largest absolute Gasteiger partial charge is 0.480 e. The third kappa shape index (κ3) is 15.0. The number of aliphatic hydroxyl groups is 1. The highest BCUT2D eigenvalue weighted by atomic mass is 16.4. The Morgan fingerprint density at radius 1 is 0.840 bits per heavy atom. The minimum absolute atomic E-state index is 0.0320. The summed E-state index contributed by atoms with van der Waals surface area (Å²) in [6, 6.07) is -7.07. The smallest absolute Gasteiger partial charge is 0.325 e. The van der Waals surface area contributed by atoms with Crippen LogP contribution in [0.5, 0.6) is 0 Å². The molecule has 0 aliphatic carbocycles. The van der Waals surface area contributed by atoms with E-state index in [-0.39, 0.29) is 38.1 Å². The highest BCUT2D eigenvalue weighted by Crippen LogP contribution is 2.18. The van der Waals surface area contributed by atoms with Crippen molar-refractivity contribution in [2.45, 2.75) is 121 Å². The number of unbranched alkanes of at least 4 members (excludes halogenated alkanes) is 1. The third-order valence-electron chi connectivity index (χ3n) is 8.04. The number of aliphatic hydroxyl groups excluding tert-OH is 1. The van der Waals surface area contributed by atoms with Gasteiger partial charge in [-0.1, -0.05) is 13.8 Å². The van der Waals surface area contributed by atoms with Crippen LogP contribution in [-0.2, 0) is 38.4 Å². The Kier molecular flexibility index (Phi) is 18.9. The van der Waals surface area contributed by atoms with Gasteiger partial charge < -0.3 is 58.9 Å². The molecule has 19 heteroatoms. The molecular formula is C31H55N9O10. The van der Waals surface area contributed by atoms with Crippen LogP contribution in [0.15, 0.2) is 0 Å². The average molecular weight is 714 g/mol. The van der Waals surface area contributed by atoms with Crippen molar-refractivity contribution >= 4 is 47.3 Å². The highest BCUT2D eigenvalue weighted by Gasteiger charge is 2.36. The molecule has 1 rings (SSSR count). The summed E-state index contributed by atoms with van der Waals surface area (Å²) in [6.45, 7) is 6.10. The Morgan fingerprint density at radius 3 is 2.02 bits per heavy atom. The van der Waals surface area contributed by atoms with Crippen molar-refractivity contribution in [1.29, 1.82) is 0 Å². The predicted octanol–water partition coefficient (Wildman–Crippen LogP) is -3.71. The van der Waals surface area contributed by atoms with Gasteiger partial charge in [-0.3, -0.25) is 38.4 Å². The predicted molar refractivity (Wildman–Crippen MR) is 179 cm³/mol. The summed E-state index contributed by atoms with van der Waals surface area (Å²) >= 11 is 0. The number of carboxylic acid groups (broad SMARTS) is 1. The topological polar surface area (TPSA) is 318 Å². The van der Waals surface area contributed by atoms with Gasteiger partial charge in [-0.15, -0.1) is 0 Å². The fourth-order valence-electron chi connectivity index (χ4n) is 5.19. The molecule has 0 radical (unpaired) electrons. The number of carbonyl (C=O) groups excluding carboxylic acids is 7. The lowest BCUT2D eigenvalue weighted by atomic mass is 10.0. The molecule has 284 valence electrons. The minimum atomic E-state index is -1.55. The van der Waals surface area contributed by atoms with Crippen molar-refractivity contribution in [2.75, 3.05) is 19.6 Å². The van der Waals surface area contributed by atoms with Crippen LogP contribution in [0.3, 0.4) is 0 Å². The summed E-state index contributed by atoms with van der Waals surface area (Å²) in [6.07, 6.45) is 0.371. The first kappa shape index (κ1) is 43.7. The fourth-order valence-corrected chi connectivity index (χ4v) is 5.19. The van der Waals surface area contributed by atoms with E-state index in [1.54, 1.807) is 0 Å². The van der Waals surface area contributed by atoms with Gasteiger partial charge in [-0.25, -0.2) is 0 Å². The molecule has 0 unspecified atom stereocenters. The molecule has 7 atom stereocenters. The van der Waals surface area contributed by atoms with E-state index in [4.69, 9.17) is 22.3 Å². The number of amides is 7. The van der Waals surface area contributed by atoms with Crippen LogP contribution in [0.4, 0.5) is 0 Å². The molecule has 0 saturated carbocycles. The number of primary amides is 1.